The SMILES string of the molecule is Cc1ccc(CCC(Cc2ccccc2C)Cn2ccnc2)c(C)c1. The van der Waals surface area contributed by atoms with Gasteiger partial charge in [-0.2, -0.15) is 0 Å². The molecule has 0 bridgehead atoms. The molecule has 1 aromatic heterocycles. The zero-order valence-electron chi connectivity index (χ0n) is 15.6. The third kappa shape index (κ3) is 4.82. The molecule has 0 fully saturated rings. The Morgan fingerprint density at radius 1 is 0.960 bits per heavy atom. The van der Waals surface area contributed by atoms with Crippen LogP contribution in [0.3, 0.4) is 0 Å². The molecule has 0 saturated carbocycles. The number of aryl methyl sites for hydroxylation is 4. The van der Waals surface area contributed by atoms with Crippen LogP contribution >= 0.6 is 0 Å². The van der Waals surface area contributed by atoms with Crippen molar-refractivity contribution >= 4 is 0 Å². The van der Waals surface area contributed by atoms with E-state index in [0.29, 0.717) is 5.92 Å². The molecule has 0 aliphatic rings. The Bertz CT molecular complexity index is 803. The van der Waals surface area contributed by atoms with Crippen LogP contribution in [-0.2, 0) is 19.4 Å². The maximum Gasteiger partial charge on any atom is 0.0945 e. The molecule has 2 nitrogen and oxygen atoms in total. The first kappa shape index (κ1) is 17.5. The van der Waals surface area contributed by atoms with Gasteiger partial charge in [0.1, 0.15) is 0 Å². The van der Waals surface area contributed by atoms with Crippen molar-refractivity contribution < 1.29 is 0 Å². The molecule has 0 spiro atoms. The van der Waals surface area contributed by atoms with E-state index in [-0.39, 0.29) is 0 Å². The van der Waals surface area contributed by atoms with E-state index in [4.69, 9.17) is 0 Å². The number of imidazole rings is 1. The Morgan fingerprint density at radius 2 is 1.80 bits per heavy atom. The third-order valence-corrected chi connectivity index (χ3v) is 5.12. The molecule has 1 atom stereocenters. The van der Waals surface area contributed by atoms with E-state index in [1.807, 2.05) is 12.5 Å². The van der Waals surface area contributed by atoms with Crippen LogP contribution in [0.2, 0.25) is 0 Å². The lowest BCUT2D eigenvalue weighted by Crippen LogP contribution is -2.14. The molecular weight excluding hydrogens is 304 g/mol. The van der Waals surface area contributed by atoms with Gasteiger partial charge in [0.2, 0.25) is 0 Å². The quantitative estimate of drug-likeness (QED) is 0.574. The molecule has 3 aromatic rings. The second kappa shape index (κ2) is 8.15. The predicted octanol–water partition coefficient (Wildman–Crippen LogP) is 5.30. The number of hydrogen-bond donors (Lipinski definition) is 0. The summed E-state index contributed by atoms with van der Waals surface area (Å²) in [6, 6.07) is 15.6. The fourth-order valence-electron chi connectivity index (χ4n) is 3.59. The molecule has 0 aliphatic heterocycles. The molecule has 0 radical (unpaired) electrons. The number of aromatic nitrogens is 2. The topological polar surface area (TPSA) is 17.8 Å². The van der Waals surface area contributed by atoms with Gasteiger partial charge in [-0.05, 0) is 68.2 Å². The van der Waals surface area contributed by atoms with Crippen LogP contribution in [0.15, 0.2) is 61.2 Å². The molecule has 2 aromatic carbocycles. The zero-order chi connectivity index (χ0) is 17.6. The van der Waals surface area contributed by atoms with Crippen molar-refractivity contribution in [2.24, 2.45) is 5.92 Å². The molecule has 0 saturated heterocycles. The lowest BCUT2D eigenvalue weighted by Gasteiger charge is -2.19. The molecular formula is C23H28N2. The van der Waals surface area contributed by atoms with Crippen molar-refractivity contribution in [3.63, 3.8) is 0 Å². The van der Waals surface area contributed by atoms with Gasteiger partial charge in [-0.25, -0.2) is 4.98 Å². The highest BCUT2D eigenvalue weighted by Gasteiger charge is 2.13. The summed E-state index contributed by atoms with van der Waals surface area (Å²) < 4.78 is 2.21. The monoisotopic (exact) mass is 332 g/mol. The standard InChI is InChI=1S/C23H28N2/c1-18-8-10-22(20(3)14-18)11-9-21(16-25-13-12-24-17-25)15-23-7-5-4-6-19(23)2/h4-8,10,12-14,17,21H,9,11,15-16H2,1-3H3. The van der Waals surface area contributed by atoms with Crippen LogP contribution in [-0.4, -0.2) is 9.55 Å². The van der Waals surface area contributed by atoms with Gasteiger partial charge in [0, 0.05) is 18.9 Å². The molecule has 25 heavy (non-hydrogen) atoms. The average molecular weight is 332 g/mol. The first-order valence-electron chi connectivity index (χ1n) is 9.18. The normalized spacial score (nSPS) is 12.3. The molecule has 0 aliphatic carbocycles. The minimum Gasteiger partial charge on any atom is -0.337 e. The van der Waals surface area contributed by atoms with Gasteiger partial charge in [-0.3, -0.25) is 0 Å². The third-order valence-electron chi connectivity index (χ3n) is 5.12. The van der Waals surface area contributed by atoms with Gasteiger partial charge < -0.3 is 4.57 Å². The maximum atomic E-state index is 4.20. The number of hydrogen-bond acceptors (Lipinski definition) is 1. The van der Waals surface area contributed by atoms with E-state index in [2.05, 4.69) is 79.0 Å². The van der Waals surface area contributed by atoms with Crippen LogP contribution < -0.4 is 0 Å². The van der Waals surface area contributed by atoms with E-state index in [9.17, 15) is 0 Å². The minimum absolute atomic E-state index is 0.607. The summed E-state index contributed by atoms with van der Waals surface area (Å²) in [7, 11) is 0. The Kier molecular flexibility index (Phi) is 5.70. The minimum atomic E-state index is 0.607. The maximum absolute atomic E-state index is 4.20. The van der Waals surface area contributed by atoms with Crippen molar-refractivity contribution in [2.75, 3.05) is 0 Å². The fraction of sp³-hybridized carbons (Fsp3) is 0.348. The summed E-state index contributed by atoms with van der Waals surface area (Å²) >= 11 is 0. The van der Waals surface area contributed by atoms with Crippen LogP contribution in [0, 0.1) is 26.7 Å². The highest BCUT2D eigenvalue weighted by atomic mass is 15.0. The second-order valence-electron chi connectivity index (χ2n) is 7.22. The largest absolute Gasteiger partial charge is 0.337 e. The Morgan fingerprint density at radius 3 is 2.52 bits per heavy atom. The van der Waals surface area contributed by atoms with Gasteiger partial charge in [-0.1, -0.05) is 48.0 Å². The lowest BCUT2D eigenvalue weighted by molar-refractivity contribution is 0.411. The Labute approximate surface area is 151 Å². The van der Waals surface area contributed by atoms with Crippen LogP contribution in [0.1, 0.15) is 34.2 Å². The van der Waals surface area contributed by atoms with E-state index in [1.165, 1.54) is 34.2 Å². The number of rotatable bonds is 7. The van der Waals surface area contributed by atoms with Gasteiger partial charge in [0.25, 0.3) is 0 Å². The van der Waals surface area contributed by atoms with E-state index < -0.39 is 0 Å². The average Bonchev–Trinajstić information content (AvgIpc) is 3.09. The summed E-state index contributed by atoms with van der Waals surface area (Å²) in [6.07, 6.45) is 9.32. The zero-order valence-corrected chi connectivity index (χ0v) is 15.6. The highest BCUT2D eigenvalue weighted by Crippen LogP contribution is 2.21. The van der Waals surface area contributed by atoms with Gasteiger partial charge in [-0.15, -0.1) is 0 Å². The summed E-state index contributed by atoms with van der Waals surface area (Å²) in [6.45, 7) is 7.64. The summed E-state index contributed by atoms with van der Waals surface area (Å²) in [5, 5.41) is 0. The summed E-state index contributed by atoms with van der Waals surface area (Å²) in [4.78, 5) is 4.20. The first-order chi connectivity index (χ1) is 12.1. The van der Waals surface area contributed by atoms with Crippen molar-refractivity contribution in [3.05, 3.63) is 89.0 Å². The molecule has 1 unspecified atom stereocenters. The molecule has 0 amide bonds. The van der Waals surface area contributed by atoms with Crippen molar-refractivity contribution in [1.29, 1.82) is 0 Å². The molecule has 2 heteroatoms. The molecule has 0 N–H and O–H groups in total. The highest BCUT2D eigenvalue weighted by molar-refractivity contribution is 5.30. The van der Waals surface area contributed by atoms with Crippen LogP contribution in [0.25, 0.3) is 0 Å². The lowest BCUT2D eigenvalue weighted by atomic mass is 9.90. The Balaban J connectivity index is 1.72. The summed E-state index contributed by atoms with van der Waals surface area (Å²) in [5.41, 5.74) is 7.09. The predicted molar refractivity (Wildman–Crippen MR) is 105 cm³/mol. The molecule has 3 rings (SSSR count). The van der Waals surface area contributed by atoms with Crippen LogP contribution in [0.4, 0.5) is 0 Å². The molecule has 130 valence electrons. The van der Waals surface area contributed by atoms with Gasteiger partial charge in [0.05, 0.1) is 6.33 Å². The Hall–Kier alpha value is -2.35. The smallest absolute Gasteiger partial charge is 0.0945 e. The second-order valence-corrected chi connectivity index (χ2v) is 7.22. The van der Waals surface area contributed by atoms with Crippen LogP contribution in [0.5, 0.6) is 0 Å². The van der Waals surface area contributed by atoms with Crippen molar-refractivity contribution in [1.82, 2.24) is 9.55 Å². The van der Waals surface area contributed by atoms with E-state index in [1.54, 1.807) is 0 Å². The summed E-state index contributed by atoms with van der Waals surface area (Å²) in [5.74, 6) is 0.607. The number of benzene rings is 2. The van der Waals surface area contributed by atoms with Gasteiger partial charge in [0.15, 0.2) is 0 Å². The first-order valence-corrected chi connectivity index (χ1v) is 9.18. The van der Waals surface area contributed by atoms with Crippen molar-refractivity contribution in [2.45, 2.75) is 46.6 Å². The van der Waals surface area contributed by atoms with E-state index in [0.717, 1.165) is 19.4 Å². The fourth-order valence-corrected chi connectivity index (χ4v) is 3.59. The molecule has 1 heterocycles. The number of nitrogens with zero attached hydrogens (tertiary/aromatic N) is 2. The van der Waals surface area contributed by atoms with Gasteiger partial charge >= 0.3 is 0 Å². The van der Waals surface area contributed by atoms with E-state index >= 15 is 0 Å². The van der Waals surface area contributed by atoms with Crippen molar-refractivity contribution in [3.8, 4) is 0 Å².